The van der Waals surface area contributed by atoms with E-state index in [1.54, 1.807) is 30.6 Å². The maximum atomic E-state index is 14.0. The fourth-order valence-electron chi connectivity index (χ4n) is 1.84. The number of aromatic nitrogens is 1. The van der Waals surface area contributed by atoms with Gasteiger partial charge >= 0.3 is 0 Å². The van der Waals surface area contributed by atoms with E-state index in [9.17, 15) is 4.39 Å². The number of pyridine rings is 1. The molecule has 0 saturated carbocycles. The predicted octanol–water partition coefficient (Wildman–Crippen LogP) is 5.07. The van der Waals surface area contributed by atoms with Crippen LogP contribution in [0.1, 0.15) is 29.3 Å². The van der Waals surface area contributed by atoms with Crippen LogP contribution in [-0.4, -0.2) is 4.98 Å². The Hall–Kier alpha value is -0.930. The first-order valence-electron chi connectivity index (χ1n) is 5.59. The summed E-state index contributed by atoms with van der Waals surface area (Å²) >= 11 is 9.56. The van der Waals surface area contributed by atoms with Crippen molar-refractivity contribution in [3.05, 3.63) is 64.1 Å². The Morgan fingerprint density at radius 2 is 1.89 bits per heavy atom. The van der Waals surface area contributed by atoms with Gasteiger partial charge in [-0.05, 0) is 39.7 Å². The Morgan fingerprint density at radius 1 is 1.22 bits per heavy atom. The molecule has 1 nitrogen and oxygen atoms in total. The lowest BCUT2D eigenvalue weighted by molar-refractivity contribution is 0.586. The zero-order valence-electron chi connectivity index (χ0n) is 9.78. The average Bonchev–Trinajstić information content (AvgIpc) is 2.41. The van der Waals surface area contributed by atoms with Crippen molar-refractivity contribution >= 4 is 27.5 Å². The van der Waals surface area contributed by atoms with Gasteiger partial charge in [0.15, 0.2) is 0 Å². The summed E-state index contributed by atoms with van der Waals surface area (Å²) in [6.07, 6.45) is 3.43. The molecule has 0 spiro atoms. The molecule has 0 fully saturated rings. The zero-order chi connectivity index (χ0) is 13.1. The Morgan fingerprint density at radius 3 is 2.56 bits per heavy atom. The van der Waals surface area contributed by atoms with Gasteiger partial charge in [0.2, 0.25) is 0 Å². The van der Waals surface area contributed by atoms with E-state index in [1.807, 2.05) is 19.1 Å². The second-order valence-electron chi connectivity index (χ2n) is 4.11. The van der Waals surface area contributed by atoms with Crippen molar-refractivity contribution in [3.63, 3.8) is 0 Å². The molecule has 1 heterocycles. The third-order valence-electron chi connectivity index (χ3n) is 2.95. The molecule has 0 amide bonds. The first kappa shape index (κ1) is 13.5. The summed E-state index contributed by atoms with van der Waals surface area (Å²) in [7, 11) is 0. The molecule has 1 aromatic heterocycles. The predicted molar refractivity (Wildman–Crippen MR) is 75.3 cm³/mol. The fraction of sp³-hybridized carbons (Fsp3) is 0.214. The van der Waals surface area contributed by atoms with Crippen LogP contribution in [0.25, 0.3) is 0 Å². The molecule has 2 atom stereocenters. The molecule has 1 aromatic carbocycles. The van der Waals surface area contributed by atoms with E-state index in [2.05, 4.69) is 20.9 Å². The van der Waals surface area contributed by atoms with Gasteiger partial charge in [0.1, 0.15) is 5.82 Å². The molecule has 2 unspecified atom stereocenters. The lowest BCUT2D eigenvalue weighted by Gasteiger charge is -2.19. The normalized spacial score (nSPS) is 14.2. The summed E-state index contributed by atoms with van der Waals surface area (Å²) in [6, 6.07) is 8.97. The molecule has 0 aliphatic rings. The van der Waals surface area contributed by atoms with Gasteiger partial charge in [-0.1, -0.05) is 19.1 Å². The zero-order valence-corrected chi connectivity index (χ0v) is 12.1. The Balaban J connectivity index is 2.31. The molecule has 4 heteroatoms. The molecule has 0 N–H and O–H groups in total. The first-order chi connectivity index (χ1) is 8.61. The van der Waals surface area contributed by atoms with E-state index < -0.39 is 5.38 Å². The fourth-order valence-corrected chi connectivity index (χ4v) is 2.53. The van der Waals surface area contributed by atoms with Crippen molar-refractivity contribution in [2.75, 3.05) is 0 Å². The second-order valence-corrected chi connectivity index (χ2v) is 5.44. The molecular formula is C14H12BrClFN. The van der Waals surface area contributed by atoms with Gasteiger partial charge in [-0.2, -0.15) is 0 Å². The van der Waals surface area contributed by atoms with Gasteiger partial charge in [0.25, 0.3) is 0 Å². The molecule has 0 aliphatic heterocycles. The smallest absolute Gasteiger partial charge is 0.142 e. The van der Waals surface area contributed by atoms with E-state index in [-0.39, 0.29) is 11.7 Å². The lowest BCUT2D eigenvalue weighted by atomic mass is 9.94. The maximum Gasteiger partial charge on any atom is 0.142 e. The molecule has 0 saturated heterocycles. The van der Waals surface area contributed by atoms with Gasteiger partial charge in [0, 0.05) is 23.9 Å². The summed E-state index contributed by atoms with van der Waals surface area (Å²) in [6.45, 7) is 1.98. The Labute approximate surface area is 119 Å². The quantitative estimate of drug-likeness (QED) is 0.717. The number of nitrogens with zero attached hydrogens (tertiary/aromatic N) is 1. The van der Waals surface area contributed by atoms with Crippen LogP contribution in [0.3, 0.4) is 0 Å². The molecular weight excluding hydrogens is 317 g/mol. The molecule has 0 radical (unpaired) electrons. The van der Waals surface area contributed by atoms with Gasteiger partial charge in [-0.15, -0.1) is 11.6 Å². The number of rotatable bonds is 3. The third-order valence-corrected chi connectivity index (χ3v) is 4.17. The van der Waals surface area contributed by atoms with Crippen molar-refractivity contribution in [2.24, 2.45) is 0 Å². The minimum absolute atomic E-state index is 0.0125. The van der Waals surface area contributed by atoms with E-state index in [0.29, 0.717) is 10.0 Å². The molecule has 18 heavy (non-hydrogen) atoms. The van der Waals surface area contributed by atoms with Gasteiger partial charge in [-0.25, -0.2) is 4.39 Å². The average molecular weight is 329 g/mol. The number of alkyl halides is 1. The molecule has 0 bridgehead atoms. The lowest BCUT2D eigenvalue weighted by Crippen LogP contribution is -2.05. The van der Waals surface area contributed by atoms with E-state index in [4.69, 9.17) is 11.6 Å². The summed E-state index contributed by atoms with van der Waals surface area (Å²) in [5.74, 6) is -0.281. The summed E-state index contributed by atoms with van der Waals surface area (Å²) in [5, 5.41) is -0.412. The van der Waals surface area contributed by atoms with Crippen LogP contribution in [0.2, 0.25) is 0 Å². The minimum Gasteiger partial charge on any atom is -0.265 e. The van der Waals surface area contributed by atoms with Crippen molar-refractivity contribution in [2.45, 2.75) is 18.2 Å². The third kappa shape index (κ3) is 2.73. The van der Waals surface area contributed by atoms with Crippen LogP contribution < -0.4 is 0 Å². The van der Waals surface area contributed by atoms with Crippen LogP contribution in [0.4, 0.5) is 4.39 Å². The second kappa shape index (κ2) is 5.81. The topological polar surface area (TPSA) is 12.9 Å². The van der Waals surface area contributed by atoms with E-state index in [1.165, 1.54) is 0 Å². The van der Waals surface area contributed by atoms with E-state index >= 15 is 0 Å². The van der Waals surface area contributed by atoms with E-state index in [0.717, 1.165) is 5.56 Å². The van der Waals surface area contributed by atoms with Crippen LogP contribution in [0, 0.1) is 5.82 Å². The largest absolute Gasteiger partial charge is 0.265 e. The summed E-state index contributed by atoms with van der Waals surface area (Å²) < 4.78 is 14.4. The molecule has 2 aromatic rings. The van der Waals surface area contributed by atoms with Crippen LogP contribution in [-0.2, 0) is 0 Å². The maximum absolute atomic E-state index is 14.0. The highest BCUT2D eigenvalue weighted by molar-refractivity contribution is 9.10. The minimum atomic E-state index is -0.412. The van der Waals surface area contributed by atoms with Crippen molar-refractivity contribution in [1.29, 1.82) is 0 Å². The summed E-state index contributed by atoms with van der Waals surface area (Å²) in [5.41, 5.74) is 1.56. The number of benzene rings is 1. The highest BCUT2D eigenvalue weighted by Crippen LogP contribution is 2.38. The Kier molecular flexibility index (Phi) is 4.36. The number of hydrogen-bond acceptors (Lipinski definition) is 1. The Bertz CT molecular complexity index is 533. The number of hydrogen-bond donors (Lipinski definition) is 0. The van der Waals surface area contributed by atoms with Gasteiger partial charge in [0.05, 0.1) is 9.85 Å². The SMILES string of the molecule is CC(c1ccncc1)C(Cl)c1cccc(Br)c1F. The van der Waals surface area contributed by atoms with Crippen LogP contribution >= 0.6 is 27.5 Å². The van der Waals surface area contributed by atoms with Crippen molar-refractivity contribution in [1.82, 2.24) is 4.98 Å². The molecule has 94 valence electrons. The van der Waals surface area contributed by atoms with Crippen LogP contribution in [0.15, 0.2) is 47.2 Å². The van der Waals surface area contributed by atoms with Gasteiger partial charge < -0.3 is 0 Å². The van der Waals surface area contributed by atoms with Gasteiger partial charge in [-0.3, -0.25) is 4.98 Å². The highest BCUT2D eigenvalue weighted by atomic mass is 79.9. The summed E-state index contributed by atoms with van der Waals surface area (Å²) in [4.78, 5) is 3.97. The molecule has 0 aliphatic carbocycles. The number of halogens is 3. The monoisotopic (exact) mass is 327 g/mol. The molecule has 2 rings (SSSR count). The van der Waals surface area contributed by atoms with Crippen LogP contribution in [0.5, 0.6) is 0 Å². The standard InChI is InChI=1S/C14H12BrClFN/c1-9(10-5-7-18-8-6-10)13(16)11-3-2-4-12(15)14(11)17/h2-9,13H,1H3. The highest BCUT2D eigenvalue weighted by Gasteiger charge is 2.22. The van der Waals surface area contributed by atoms with Crippen molar-refractivity contribution < 1.29 is 4.39 Å². The first-order valence-corrected chi connectivity index (χ1v) is 6.82. The van der Waals surface area contributed by atoms with Crippen molar-refractivity contribution in [3.8, 4) is 0 Å².